The van der Waals surface area contributed by atoms with E-state index in [4.69, 9.17) is 0 Å². The number of aryl methyl sites for hydroxylation is 2. The van der Waals surface area contributed by atoms with E-state index in [-0.39, 0.29) is 0 Å². The first-order valence-corrected chi connectivity index (χ1v) is 8.38. The lowest BCUT2D eigenvalue weighted by Gasteiger charge is -2.14. The number of benzene rings is 2. The topological polar surface area (TPSA) is 3.24 Å². The van der Waals surface area contributed by atoms with Gasteiger partial charge in [0.1, 0.15) is 0 Å². The zero-order valence-corrected chi connectivity index (χ0v) is 13.3. The summed E-state index contributed by atoms with van der Waals surface area (Å²) < 4.78 is 0. The van der Waals surface area contributed by atoms with Crippen molar-refractivity contribution < 1.29 is 0 Å². The number of nitrogens with zero attached hydrogens (tertiary/aromatic N) is 1. The van der Waals surface area contributed by atoms with E-state index < -0.39 is 0 Å². The number of likely N-dealkylation sites (tertiary alicyclic amines) is 1. The Hall–Kier alpha value is -1.86. The third kappa shape index (κ3) is 2.50. The van der Waals surface area contributed by atoms with Crippen LogP contribution < -0.4 is 0 Å². The first-order chi connectivity index (χ1) is 10.8. The molecule has 1 nitrogen and oxygen atoms in total. The average Bonchev–Trinajstić information content (AvgIpc) is 2.89. The summed E-state index contributed by atoms with van der Waals surface area (Å²) in [5.74, 6) is 0.680. The molecule has 0 unspecified atom stereocenters. The van der Waals surface area contributed by atoms with Crippen molar-refractivity contribution in [2.45, 2.75) is 19.3 Å². The largest absolute Gasteiger partial charge is 0.306 e. The van der Waals surface area contributed by atoms with Crippen LogP contribution in [0.2, 0.25) is 0 Å². The van der Waals surface area contributed by atoms with Gasteiger partial charge in [0.25, 0.3) is 0 Å². The van der Waals surface area contributed by atoms with Crippen LogP contribution >= 0.6 is 0 Å². The summed E-state index contributed by atoms with van der Waals surface area (Å²) in [6.45, 7) is 2.41. The molecule has 0 saturated carbocycles. The Kier molecular flexibility index (Phi) is 3.59. The summed E-state index contributed by atoms with van der Waals surface area (Å²) >= 11 is 0. The van der Waals surface area contributed by atoms with Crippen LogP contribution in [0.1, 0.15) is 28.7 Å². The minimum atomic E-state index is 0.680. The van der Waals surface area contributed by atoms with Crippen molar-refractivity contribution >= 4 is 5.57 Å². The molecule has 1 aliphatic carbocycles. The van der Waals surface area contributed by atoms with E-state index in [0.717, 1.165) is 12.8 Å². The second kappa shape index (κ2) is 5.73. The molecule has 2 aromatic carbocycles. The van der Waals surface area contributed by atoms with Crippen molar-refractivity contribution in [1.82, 2.24) is 4.90 Å². The van der Waals surface area contributed by atoms with E-state index in [9.17, 15) is 0 Å². The molecule has 22 heavy (non-hydrogen) atoms. The van der Waals surface area contributed by atoms with Gasteiger partial charge < -0.3 is 4.90 Å². The fourth-order valence-electron chi connectivity index (χ4n) is 3.94. The van der Waals surface area contributed by atoms with Gasteiger partial charge in [-0.2, -0.15) is 0 Å². The van der Waals surface area contributed by atoms with E-state index in [0.29, 0.717) is 5.92 Å². The summed E-state index contributed by atoms with van der Waals surface area (Å²) in [5.41, 5.74) is 7.35. The number of hydrogen-bond acceptors (Lipinski definition) is 1. The summed E-state index contributed by atoms with van der Waals surface area (Å²) in [6.07, 6.45) is 6.13. The molecule has 2 aromatic rings. The fourth-order valence-corrected chi connectivity index (χ4v) is 3.94. The Morgan fingerprint density at radius 2 is 1.50 bits per heavy atom. The van der Waals surface area contributed by atoms with Crippen LogP contribution in [0, 0.1) is 5.92 Å². The van der Waals surface area contributed by atoms with E-state index in [1.54, 1.807) is 0 Å². The van der Waals surface area contributed by atoms with Crippen molar-refractivity contribution in [2.24, 2.45) is 5.92 Å². The highest BCUT2D eigenvalue weighted by Gasteiger charge is 2.22. The SMILES string of the molecule is CN1CC[C@H](C=C2c3ccccc3CCc3ccccc32)C1. The first-order valence-electron chi connectivity index (χ1n) is 8.38. The summed E-state index contributed by atoms with van der Waals surface area (Å²) in [6, 6.07) is 17.9. The highest BCUT2D eigenvalue weighted by atomic mass is 15.1. The summed E-state index contributed by atoms with van der Waals surface area (Å²) in [7, 11) is 2.23. The van der Waals surface area contributed by atoms with Crippen LogP contribution in [0.3, 0.4) is 0 Å². The number of rotatable bonds is 1. The lowest BCUT2D eigenvalue weighted by Crippen LogP contribution is -2.13. The Morgan fingerprint density at radius 1 is 0.909 bits per heavy atom. The van der Waals surface area contributed by atoms with E-state index in [1.165, 1.54) is 47.3 Å². The highest BCUT2D eigenvalue weighted by Crippen LogP contribution is 2.35. The molecule has 4 rings (SSSR count). The minimum Gasteiger partial charge on any atom is -0.306 e. The minimum absolute atomic E-state index is 0.680. The molecule has 1 saturated heterocycles. The van der Waals surface area contributed by atoms with Gasteiger partial charge in [0.2, 0.25) is 0 Å². The molecular formula is C21H23N. The van der Waals surface area contributed by atoms with E-state index in [1.807, 2.05) is 0 Å². The monoisotopic (exact) mass is 289 g/mol. The molecule has 0 N–H and O–H groups in total. The van der Waals surface area contributed by atoms with Crippen molar-refractivity contribution in [3.05, 3.63) is 76.9 Å². The Labute approximate surface area is 133 Å². The van der Waals surface area contributed by atoms with Crippen molar-refractivity contribution in [1.29, 1.82) is 0 Å². The standard InChI is InChI=1S/C21H23N/c1-22-13-12-16(15-22)14-21-19-8-4-2-6-17(19)10-11-18-7-3-5-9-20(18)21/h2-9,14,16H,10-13,15H2,1H3/t16-/m1/s1. The van der Waals surface area contributed by atoms with Crippen LogP contribution in [0.4, 0.5) is 0 Å². The Morgan fingerprint density at radius 3 is 2.05 bits per heavy atom. The molecular weight excluding hydrogens is 266 g/mol. The molecule has 0 amide bonds. The number of fused-ring (bicyclic) bond motifs is 2. The van der Waals surface area contributed by atoms with Crippen molar-refractivity contribution in [3.63, 3.8) is 0 Å². The van der Waals surface area contributed by atoms with Gasteiger partial charge in [0.15, 0.2) is 0 Å². The highest BCUT2D eigenvalue weighted by molar-refractivity contribution is 5.84. The molecule has 0 aromatic heterocycles. The molecule has 0 bridgehead atoms. The molecule has 1 aliphatic heterocycles. The first kappa shape index (κ1) is 13.8. The smallest absolute Gasteiger partial charge is 0.00421 e. The maximum atomic E-state index is 2.55. The summed E-state index contributed by atoms with van der Waals surface area (Å²) in [5, 5.41) is 0. The molecule has 0 spiro atoms. The van der Waals surface area contributed by atoms with Gasteiger partial charge in [0.05, 0.1) is 0 Å². The van der Waals surface area contributed by atoms with Gasteiger partial charge >= 0.3 is 0 Å². The van der Waals surface area contributed by atoms with Crippen molar-refractivity contribution in [3.8, 4) is 0 Å². The van der Waals surface area contributed by atoms with Crippen LogP contribution in [-0.2, 0) is 12.8 Å². The average molecular weight is 289 g/mol. The molecule has 1 fully saturated rings. The molecule has 1 atom stereocenters. The maximum absolute atomic E-state index is 2.55. The van der Waals surface area contributed by atoms with E-state index in [2.05, 4.69) is 66.6 Å². The van der Waals surface area contributed by atoms with Crippen LogP contribution in [0.5, 0.6) is 0 Å². The quantitative estimate of drug-likeness (QED) is 0.761. The molecule has 1 heteroatoms. The molecule has 1 heterocycles. The molecule has 2 aliphatic rings. The predicted octanol–water partition coefficient (Wildman–Crippen LogP) is 4.17. The van der Waals surface area contributed by atoms with Gasteiger partial charge in [-0.25, -0.2) is 0 Å². The van der Waals surface area contributed by atoms with Crippen molar-refractivity contribution in [2.75, 3.05) is 20.1 Å². The van der Waals surface area contributed by atoms with Gasteiger partial charge in [0, 0.05) is 6.54 Å². The fraction of sp³-hybridized carbons (Fsp3) is 0.333. The van der Waals surface area contributed by atoms with Gasteiger partial charge in [-0.3, -0.25) is 0 Å². The van der Waals surface area contributed by atoms with Crippen LogP contribution in [0.25, 0.3) is 5.57 Å². The lowest BCUT2D eigenvalue weighted by molar-refractivity contribution is 0.408. The molecule has 112 valence electrons. The second-order valence-corrected chi connectivity index (χ2v) is 6.71. The summed E-state index contributed by atoms with van der Waals surface area (Å²) in [4.78, 5) is 2.44. The normalized spacial score (nSPS) is 21.1. The van der Waals surface area contributed by atoms with E-state index >= 15 is 0 Å². The Bertz CT molecular complexity index is 664. The zero-order chi connectivity index (χ0) is 14.9. The van der Waals surface area contributed by atoms with Crippen LogP contribution in [-0.4, -0.2) is 25.0 Å². The zero-order valence-electron chi connectivity index (χ0n) is 13.3. The van der Waals surface area contributed by atoms with Gasteiger partial charge in [-0.15, -0.1) is 0 Å². The molecule has 0 radical (unpaired) electrons. The predicted molar refractivity (Wildman–Crippen MR) is 93.0 cm³/mol. The van der Waals surface area contributed by atoms with Crippen LogP contribution in [0.15, 0.2) is 54.6 Å². The second-order valence-electron chi connectivity index (χ2n) is 6.71. The van der Waals surface area contributed by atoms with Gasteiger partial charge in [-0.1, -0.05) is 54.6 Å². The lowest BCUT2D eigenvalue weighted by atomic mass is 9.90. The van der Waals surface area contributed by atoms with Gasteiger partial charge in [-0.05, 0) is 66.6 Å². The maximum Gasteiger partial charge on any atom is 0.00421 e. The third-order valence-electron chi connectivity index (χ3n) is 5.11. The Balaban J connectivity index is 1.86. The third-order valence-corrected chi connectivity index (χ3v) is 5.11. The number of hydrogen-bond donors (Lipinski definition) is 0.